The van der Waals surface area contributed by atoms with E-state index in [-0.39, 0.29) is 25.2 Å². The van der Waals surface area contributed by atoms with Crippen LogP contribution in [0, 0.1) is 5.92 Å². The van der Waals surface area contributed by atoms with Crippen LogP contribution >= 0.6 is 0 Å². The van der Waals surface area contributed by atoms with Crippen LogP contribution in [0.2, 0.25) is 0 Å². The van der Waals surface area contributed by atoms with Crippen LogP contribution in [0.25, 0.3) is 21.8 Å². The lowest BCUT2D eigenvalue weighted by Crippen LogP contribution is -2.59. The molecule has 5 rings (SSSR count). The smallest absolute Gasteiger partial charge is 0.326 e. The van der Waals surface area contributed by atoms with Crippen LogP contribution in [0.5, 0.6) is 0 Å². The van der Waals surface area contributed by atoms with Gasteiger partial charge in [-0.3, -0.25) is 14.4 Å². The molecule has 0 aliphatic carbocycles. The molecule has 8 N–H and O–H groups in total. The first-order valence-electron chi connectivity index (χ1n) is 16.2. The zero-order valence-corrected chi connectivity index (χ0v) is 27.0. The third-order valence-corrected chi connectivity index (χ3v) is 8.87. The summed E-state index contributed by atoms with van der Waals surface area (Å²) in [5.41, 5.74) is 10.5. The summed E-state index contributed by atoms with van der Waals surface area (Å²) in [7, 11) is 0. The van der Waals surface area contributed by atoms with E-state index >= 15 is 0 Å². The number of hydrogen-bond donors (Lipinski definition) is 7. The second-order valence-corrected chi connectivity index (χ2v) is 12.3. The number of amides is 3. The van der Waals surface area contributed by atoms with Crippen LogP contribution in [0.4, 0.5) is 0 Å². The Bertz CT molecular complexity index is 1880. The van der Waals surface area contributed by atoms with Crippen LogP contribution < -0.4 is 21.7 Å². The number of rotatable bonds is 15. The lowest BCUT2D eigenvalue weighted by atomic mass is 9.96. The number of carbonyl (C=O) groups is 4. The average molecular weight is 651 g/mol. The van der Waals surface area contributed by atoms with Gasteiger partial charge in [-0.25, -0.2) is 4.79 Å². The Balaban J connectivity index is 1.35. The van der Waals surface area contributed by atoms with E-state index < -0.39 is 47.9 Å². The zero-order valence-electron chi connectivity index (χ0n) is 27.0. The third kappa shape index (κ3) is 8.10. The van der Waals surface area contributed by atoms with Crippen LogP contribution in [0.3, 0.4) is 0 Å². The van der Waals surface area contributed by atoms with Gasteiger partial charge in [0.25, 0.3) is 0 Å². The summed E-state index contributed by atoms with van der Waals surface area (Å²) in [5, 5.41) is 20.1. The molecule has 5 atom stereocenters. The van der Waals surface area contributed by atoms with Crippen LogP contribution in [-0.4, -0.2) is 62.9 Å². The van der Waals surface area contributed by atoms with E-state index in [1.54, 1.807) is 12.4 Å². The summed E-state index contributed by atoms with van der Waals surface area (Å²) >= 11 is 0. The van der Waals surface area contributed by atoms with Gasteiger partial charge in [0.1, 0.15) is 18.1 Å². The molecule has 2 aromatic heterocycles. The fourth-order valence-electron chi connectivity index (χ4n) is 5.91. The first-order valence-corrected chi connectivity index (χ1v) is 16.2. The number of nitrogens with two attached hydrogens (primary N) is 1. The van der Waals surface area contributed by atoms with Crippen LogP contribution in [-0.2, 0) is 38.4 Å². The summed E-state index contributed by atoms with van der Waals surface area (Å²) in [6, 6.07) is 20.2. The van der Waals surface area contributed by atoms with Gasteiger partial charge >= 0.3 is 5.97 Å². The zero-order chi connectivity index (χ0) is 34.2. The van der Waals surface area contributed by atoms with E-state index in [9.17, 15) is 24.3 Å². The van der Waals surface area contributed by atoms with Gasteiger partial charge in [0, 0.05) is 47.0 Å². The Morgan fingerprint density at radius 3 is 1.77 bits per heavy atom. The summed E-state index contributed by atoms with van der Waals surface area (Å²) < 4.78 is 0. The highest BCUT2D eigenvalue weighted by molar-refractivity contribution is 5.95. The fourth-order valence-corrected chi connectivity index (χ4v) is 5.91. The Morgan fingerprint density at radius 1 is 0.688 bits per heavy atom. The number of carbonyl (C=O) groups excluding carboxylic acids is 3. The number of benzene rings is 3. The van der Waals surface area contributed by atoms with Crippen LogP contribution in [0.15, 0.2) is 91.3 Å². The molecule has 0 radical (unpaired) electrons. The van der Waals surface area contributed by atoms with Crippen molar-refractivity contribution in [1.29, 1.82) is 0 Å². The average Bonchev–Trinajstić information content (AvgIpc) is 3.70. The second-order valence-electron chi connectivity index (χ2n) is 12.3. The van der Waals surface area contributed by atoms with Crippen molar-refractivity contribution in [3.8, 4) is 0 Å². The maximum Gasteiger partial charge on any atom is 0.326 e. The van der Waals surface area contributed by atoms with Crippen molar-refractivity contribution in [2.45, 2.75) is 63.7 Å². The first kappa shape index (κ1) is 33.9. The molecule has 3 aromatic carbocycles. The number of aliphatic carboxylic acids is 1. The molecular formula is C37H42N6O5. The number of nitrogens with one attached hydrogen (secondary N) is 5. The maximum absolute atomic E-state index is 14.0. The molecule has 0 aliphatic heterocycles. The van der Waals surface area contributed by atoms with Gasteiger partial charge in [-0.05, 0) is 41.2 Å². The standard InChI is InChI=1S/C37H42N6O5/c1-3-22(2)33(36(46)42-32(37(47)48)19-25-21-40-30-16-10-8-14-27(25)30)43-35(45)31(18-24-20-39-29-15-9-7-13-26(24)29)41-34(44)28(38)17-23-11-5-4-6-12-23/h4-16,20-22,28,31-33,39-40H,3,17-19,38H2,1-2H3,(H,41,44)(H,42,46)(H,43,45)(H,47,48). The summed E-state index contributed by atoms with van der Waals surface area (Å²) in [6.07, 6.45) is 4.51. The fraction of sp³-hybridized carbons (Fsp3) is 0.297. The van der Waals surface area contributed by atoms with Crippen molar-refractivity contribution in [2.24, 2.45) is 11.7 Å². The second kappa shape index (κ2) is 15.4. The molecule has 3 amide bonds. The Kier molecular flexibility index (Phi) is 10.9. The van der Waals surface area contributed by atoms with Crippen molar-refractivity contribution in [3.05, 3.63) is 108 Å². The van der Waals surface area contributed by atoms with Gasteiger partial charge in [-0.15, -0.1) is 0 Å². The van der Waals surface area contributed by atoms with Gasteiger partial charge in [-0.1, -0.05) is 87.0 Å². The molecule has 0 saturated carbocycles. The topological polar surface area (TPSA) is 182 Å². The number of hydrogen-bond acceptors (Lipinski definition) is 5. The van der Waals surface area contributed by atoms with Gasteiger partial charge < -0.3 is 36.8 Å². The third-order valence-electron chi connectivity index (χ3n) is 8.87. The van der Waals surface area contributed by atoms with Gasteiger partial charge in [0.2, 0.25) is 17.7 Å². The van der Waals surface area contributed by atoms with Gasteiger partial charge in [0.05, 0.1) is 6.04 Å². The number of carboxylic acids is 1. The number of para-hydroxylation sites is 2. The summed E-state index contributed by atoms with van der Waals surface area (Å²) in [5.74, 6) is -3.25. The number of carboxylic acid groups (broad SMARTS) is 1. The van der Waals surface area contributed by atoms with Gasteiger partial charge in [0.15, 0.2) is 0 Å². The minimum Gasteiger partial charge on any atom is -0.480 e. The van der Waals surface area contributed by atoms with E-state index in [1.165, 1.54) is 0 Å². The Morgan fingerprint density at radius 2 is 1.21 bits per heavy atom. The molecule has 0 bridgehead atoms. The molecule has 0 aliphatic rings. The SMILES string of the molecule is CCC(C)C(NC(=O)C(Cc1c[nH]c2ccccc12)NC(=O)C(N)Cc1ccccc1)C(=O)NC(Cc1c[nH]c2ccccc12)C(=O)O. The van der Waals surface area contributed by atoms with E-state index in [0.29, 0.717) is 6.42 Å². The molecule has 11 nitrogen and oxygen atoms in total. The highest BCUT2D eigenvalue weighted by Crippen LogP contribution is 2.21. The monoisotopic (exact) mass is 650 g/mol. The number of H-pyrrole nitrogens is 2. The molecule has 0 spiro atoms. The van der Waals surface area contributed by atoms with Crippen LogP contribution in [0.1, 0.15) is 37.0 Å². The molecule has 5 aromatic rings. The molecule has 0 fully saturated rings. The number of aromatic amines is 2. The lowest BCUT2D eigenvalue weighted by Gasteiger charge is -2.28. The Hall–Kier alpha value is -5.42. The Labute approximate surface area is 278 Å². The van der Waals surface area contributed by atoms with Crippen molar-refractivity contribution >= 4 is 45.5 Å². The van der Waals surface area contributed by atoms with Crippen molar-refractivity contribution in [3.63, 3.8) is 0 Å². The first-order chi connectivity index (χ1) is 23.1. The minimum atomic E-state index is -1.24. The van der Waals surface area contributed by atoms with E-state index in [2.05, 4.69) is 25.9 Å². The minimum absolute atomic E-state index is 0.0464. The predicted octanol–water partition coefficient (Wildman–Crippen LogP) is 3.59. The summed E-state index contributed by atoms with van der Waals surface area (Å²) in [6.45, 7) is 3.69. The number of aromatic nitrogens is 2. The molecule has 48 heavy (non-hydrogen) atoms. The molecule has 5 unspecified atom stereocenters. The van der Waals surface area contributed by atoms with E-state index in [0.717, 1.165) is 38.5 Å². The van der Waals surface area contributed by atoms with E-state index in [1.807, 2.05) is 92.7 Å². The molecule has 11 heteroatoms. The van der Waals surface area contributed by atoms with Crippen molar-refractivity contribution < 1.29 is 24.3 Å². The lowest BCUT2D eigenvalue weighted by molar-refractivity contribution is -0.142. The van der Waals surface area contributed by atoms with Gasteiger partial charge in [-0.2, -0.15) is 0 Å². The quantitative estimate of drug-likeness (QED) is 0.0909. The predicted molar refractivity (Wildman–Crippen MR) is 185 cm³/mol. The number of fused-ring (bicyclic) bond motifs is 2. The molecule has 250 valence electrons. The van der Waals surface area contributed by atoms with Crippen molar-refractivity contribution in [1.82, 2.24) is 25.9 Å². The molecular weight excluding hydrogens is 608 g/mol. The van der Waals surface area contributed by atoms with Crippen molar-refractivity contribution in [2.75, 3.05) is 0 Å². The highest BCUT2D eigenvalue weighted by atomic mass is 16.4. The maximum atomic E-state index is 14.0. The highest BCUT2D eigenvalue weighted by Gasteiger charge is 2.33. The largest absolute Gasteiger partial charge is 0.480 e. The van der Waals surface area contributed by atoms with E-state index in [4.69, 9.17) is 5.73 Å². The molecule has 2 heterocycles. The normalized spacial score (nSPS) is 14.5. The molecule has 0 saturated heterocycles. The summed E-state index contributed by atoms with van der Waals surface area (Å²) in [4.78, 5) is 59.7.